The third-order valence-electron chi connectivity index (χ3n) is 4.47. The number of hydrogen-bond donors (Lipinski definition) is 1. The zero-order chi connectivity index (χ0) is 15.9. The lowest BCUT2D eigenvalue weighted by Gasteiger charge is -2.25. The number of anilines is 1. The van der Waals surface area contributed by atoms with E-state index in [-0.39, 0.29) is 5.54 Å². The lowest BCUT2D eigenvalue weighted by Crippen LogP contribution is -2.39. The maximum absolute atomic E-state index is 6.64. The summed E-state index contributed by atoms with van der Waals surface area (Å²) in [6.45, 7) is 1.65. The highest BCUT2D eigenvalue weighted by Gasteiger charge is 2.36. The van der Waals surface area contributed by atoms with Crippen LogP contribution in [0, 0.1) is 0 Å². The molecule has 0 aliphatic carbocycles. The molecule has 0 bridgehead atoms. The summed E-state index contributed by atoms with van der Waals surface area (Å²) in [7, 11) is 0. The highest BCUT2D eigenvalue weighted by Crippen LogP contribution is 2.32. The number of nitrogens with two attached hydrogens (primary N) is 1. The fraction of sp³-hybridized carbons (Fsp3) is 0.222. The van der Waals surface area contributed by atoms with Crippen LogP contribution in [0.25, 0.3) is 11.0 Å². The first-order chi connectivity index (χ1) is 11.1. The molecular formula is C18H17BrN4. The fourth-order valence-electron chi connectivity index (χ4n) is 3.16. The number of benzene rings is 2. The molecule has 116 valence electrons. The summed E-state index contributed by atoms with van der Waals surface area (Å²) in [6, 6.07) is 16.3. The van der Waals surface area contributed by atoms with Crippen molar-refractivity contribution in [2.45, 2.75) is 12.0 Å². The van der Waals surface area contributed by atoms with Crippen molar-refractivity contribution in [3.8, 4) is 0 Å². The summed E-state index contributed by atoms with van der Waals surface area (Å²) in [5.74, 6) is 0.892. The van der Waals surface area contributed by atoms with E-state index in [1.165, 1.54) is 5.56 Å². The Labute approximate surface area is 143 Å². The molecule has 1 fully saturated rings. The SMILES string of the molecule is NC1(c2ccccc2)CCN(c2cnc3cc(Br)ccc3n2)C1. The Hall–Kier alpha value is -1.98. The molecular weight excluding hydrogens is 352 g/mol. The van der Waals surface area contributed by atoms with Crippen molar-refractivity contribution in [1.82, 2.24) is 9.97 Å². The van der Waals surface area contributed by atoms with Gasteiger partial charge in [0, 0.05) is 17.6 Å². The quantitative estimate of drug-likeness (QED) is 0.752. The molecule has 0 saturated carbocycles. The molecule has 2 heterocycles. The van der Waals surface area contributed by atoms with E-state index in [0.717, 1.165) is 40.8 Å². The fourth-order valence-corrected chi connectivity index (χ4v) is 3.51. The summed E-state index contributed by atoms with van der Waals surface area (Å²) in [4.78, 5) is 11.5. The lowest BCUT2D eigenvalue weighted by molar-refractivity contribution is 0.499. The summed E-state index contributed by atoms with van der Waals surface area (Å²) in [6.07, 6.45) is 2.75. The van der Waals surface area contributed by atoms with E-state index in [0.29, 0.717) is 0 Å². The Morgan fingerprint density at radius 2 is 1.91 bits per heavy atom. The van der Waals surface area contributed by atoms with E-state index in [1.54, 1.807) is 0 Å². The predicted molar refractivity (Wildman–Crippen MR) is 96.4 cm³/mol. The molecule has 5 heteroatoms. The molecule has 23 heavy (non-hydrogen) atoms. The zero-order valence-corrected chi connectivity index (χ0v) is 14.2. The van der Waals surface area contributed by atoms with Gasteiger partial charge >= 0.3 is 0 Å². The molecule has 1 aliphatic rings. The molecule has 1 atom stereocenters. The van der Waals surface area contributed by atoms with Crippen LogP contribution in [-0.2, 0) is 5.54 Å². The minimum absolute atomic E-state index is 0.322. The third-order valence-corrected chi connectivity index (χ3v) is 4.96. The molecule has 2 aromatic carbocycles. The third kappa shape index (κ3) is 2.71. The molecule has 1 aromatic heterocycles. The summed E-state index contributed by atoms with van der Waals surface area (Å²) < 4.78 is 1.01. The van der Waals surface area contributed by atoms with Gasteiger partial charge in [0.2, 0.25) is 0 Å². The van der Waals surface area contributed by atoms with Gasteiger partial charge in [0.15, 0.2) is 0 Å². The Morgan fingerprint density at radius 3 is 2.74 bits per heavy atom. The highest BCUT2D eigenvalue weighted by atomic mass is 79.9. The van der Waals surface area contributed by atoms with Gasteiger partial charge in [-0.3, -0.25) is 4.98 Å². The standard InChI is InChI=1S/C18H17BrN4/c19-14-6-7-15-16(10-14)21-11-17(22-15)23-9-8-18(20,12-23)13-4-2-1-3-5-13/h1-7,10-11H,8-9,12,20H2. The molecule has 1 unspecified atom stereocenters. The molecule has 1 saturated heterocycles. The minimum Gasteiger partial charge on any atom is -0.353 e. The Balaban J connectivity index is 1.64. The highest BCUT2D eigenvalue weighted by molar-refractivity contribution is 9.10. The summed E-state index contributed by atoms with van der Waals surface area (Å²) in [5, 5.41) is 0. The Bertz CT molecular complexity index is 852. The molecule has 0 radical (unpaired) electrons. The van der Waals surface area contributed by atoms with Crippen molar-refractivity contribution in [2.24, 2.45) is 5.73 Å². The minimum atomic E-state index is -0.322. The molecule has 3 aromatic rings. The number of halogens is 1. The normalized spacial score (nSPS) is 21.0. The van der Waals surface area contributed by atoms with Crippen LogP contribution in [0.4, 0.5) is 5.82 Å². The Kier molecular flexibility index (Phi) is 3.54. The molecule has 0 spiro atoms. The Morgan fingerprint density at radius 1 is 1.09 bits per heavy atom. The van der Waals surface area contributed by atoms with E-state index < -0.39 is 0 Å². The van der Waals surface area contributed by atoms with Gasteiger partial charge in [0.1, 0.15) is 5.82 Å². The average molecular weight is 369 g/mol. The van der Waals surface area contributed by atoms with Crippen LogP contribution < -0.4 is 10.6 Å². The van der Waals surface area contributed by atoms with E-state index in [2.05, 4.69) is 37.9 Å². The van der Waals surface area contributed by atoms with E-state index in [1.807, 2.05) is 42.6 Å². The zero-order valence-electron chi connectivity index (χ0n) is 12.6. The molecule has 0 amide bonds. The number of hydrogen-bond acceptors (Lipinski definition) is 4. The monoisotopic (exact) mass is 368 g/mol. The van der Waals surface area contributed by atoms with Crippen LogP contribution in [0.2, 0.25) is 0 Å². The predicted octanol–water partition coefficient (Wildman–Crippen LogP) is 3.46. The molecule has 1 aliphatic heterocycles. The summed E-state index contributed by atoms with van der Waals surface area (Å²) >= 11 is 3.46. The maximum atomic E-state index is 6.64. The van der Waals surface area contributed by atoms with Crippen LogP contribution >= 0.6 is 15.9 Å². The van der Waals surface area contributed by atoms with Crippen molar-refractivity contribution in [3.63, 3.8) is 0 Å². The van der Waals surface area contributed by atoms with E-state index in [9.17, 15) is 0 Å². The number of nitrogens with zero attached hydrogens (tertiary/aromatic N) is 3. The smallest absolute Gasteiger partial charge is 0.147 e. The van der Waals surface area contributed by atoms with Crippen LogP contribution in [0.1, 0.15) is 12.0 Å². The average Bonchev–Trinajstić information content (AvgIpc) is 2.99. The van der Waals surface area contributed by atoms with Gasteiger partial charge in [-0.15, -0.1) is 0 Å². The first-order valence-electron chi connectivity index (χ1n) is 7.66. The van der Waals surface area contributed by atoms with E-state index in [4.69, 9.17) is 10.7 Å². The second kappa shape index (κ2) is 5.58. The second-order valence-electron chi connectivity index (χ2n) is 6.05. The van der Waals surface area contributed by atoms with Crippen molar-refractivity contribution in [1.29, 1.82) is 0 Å². The number of fused-ring (bicyclic) bond motifs is 1. The number of aromatic nitrogens is 2. The molecule has 4 nitrogen and oxygen atoms in total. The van der Waals surface area contributed by atoms with Crippen LogP contribution in [0.5, 0.6) is 0 Å². The maximum Gasteiger partial charge on any atom is 0.147 e. The first kappa shape index (κ1) is 14.6. The summed E-state index contributed by atoms with van der Waals surface area (Å²) in [5.41, 5.74) is 9.30. The van der Waals surface area contributed by atoms with Crippen LogP contribution in [0.3, 0.4) is 0 Å². The largest absolute Gasteiger partial charge is 0.353 e. The molecule has 2 N–H and O–H groups in total. The first-order valence-corrected chi connectivity index (χ1v) is 8.45. The van der Waals surface area contributed by atoms with Crippen LogP contribution in [0.15, 0.2) is 59.2 Å². The second-order valence-corrected chi connectivity index (χ2v) is 6.97. The number of rotatable bonds is 2. The molecule has 4 rings (SSSR count). The van der Waals surface area contributed by atoms with Gasteiger partial charge in [0.25, 0.3) is 0 Å². The van der Waals surface area contributed by atoms with Gasteiger partial charge in [-0.05, 0) is 30.2 Å². The van der Waals surface area contributed by atoms with Crippen molar-refractivity contribution in [2.75, 3.05) is 18.0 Å². The van der Waals surface area contributed by atoms with Gasteiger partial charge in [-0.1, -0.05) is 46.3 Å². The topological polar surface area (TPSA) is 55.0 Å². The lowest BCUT2D eigenvalue weighted by atomic mass is 9.90. The van der Waals surface area contributed by atoms with Crippen LogP contribution in [-0.4, -0.2) is 23.1 Å². The van der Waals surface area contributed by atoms with Gasteiger partial charge in [0.05, 0.1) is 22.8 Å². The van der Waals surface area contributed by atoms with Gasteiger partial charge in [-0.2, -0.15) is 0 Å². The van der Waals surface area contributed by atoms with Crippen molar-refractivity contribution >= 4 is 32.8 Å². The van der Waals surface area contributed by atoms with Gasteiger partial charge in [-0.25, -0.2) is 4.98 Å². The van der Waals surface area contributed by atoms with Crippen molar-refractivity contribution < 1.29 is 0 Å². The van der Waals surface area contributed by atoms with E-state index >= 15 is 0 Å². The van der Waals surface area contributed by atoms with Gasteiger partial charge < -0.3 is 10.6 Å². The van der Waals surface area contributed by atoms with Crippen molar-refractivity contribution in [3.05, 3.63) is 64.8 Å².